The molecule has 17 heavy (non-hydrogen) atoms. The molecule has 0 saturated heterocycles. The predicted molar refractivity (Wildman–Crippen MR) is 66.9 cm³/mol. The minimum absolute atomic E-state index is 0.291. The van der Waals surface area contributed by atoms with Crippen molar-refractivity contribution in [1.82, 2.24) is 19.9 Å². The summed E-state index contributed by atoms with van der Waals surface area (Å²) in [5, 5.41) is 0.419. The van der Waals surface area contributed by atoms with E-state index in [1.807, 2.05) is 6.92 Å². The summed E-state index contributed by atoms with van der Waals surface area (Å²) in [6.45, 7) is 6.04. The molecule has 0 bridgehead atoms. The van der Waals surface area contributed by atoms with Gasteiger partial charge in [0, 0.05) is 18.1 Å². The fraction of sp³-hybridized carbons (Fsp3) is 0.333. The molecule has 0 radical (unpaired) electrons. The Kier molecular flexibility index (Phi) is 3.33. The summed E-state index contributed by atoms with van der Waals surface area (Å²) >= 11 is 5.97. The normalized spacial score (nSPS) is 10.9. The van der Waals surface area contributed by atoms with Crippen LogP contribution in [0.15, 0.2) is 18.5 Å². The van der Waals surface area contributed by atoms with E-state index in [1.165, 1.54) is 0 Å². The summed E-state index contributed by atoms with van der Waals surface area (Å²) in [6.07, 6.45) is 3.48. The maximum atomic E-state index is 5.97. The van der Waals surface area contributed by atoms with Gasteiger partial charge in [-0.2, -0.15) is 0 Å². The van der Waals surface area contributed by atoms with Crippen LogP contribution in [0.25, 0.3) is 11.6 Å². The van der Waals surface area contributed by atoms with Gasteiger partial charge in [0.05, 0.1) is 0 Å². The Bertz CT molecular complexity index is 523. The third-order valence-corrected chi connectivity index (χ3v) is 2.48. The van der Waals surface area contributed by atoms with Gasteiger partial charge >= 0.3 is 0 Å². The van der Waals surface area contributed by atoms with Gasteiger partial charge in [0.2, 0.25) is 0 Å². The lowest BCUT2D eigenvalue weighted by Crippen LogP contribution is -2.00. The lowest BCUT2D eigenvalue weighted by Gasteiger charge is -2.06. The highest BCUT2D eigenvalue weighted by Gasteiger charge is 2.10. The highest BCUT2D eigenvalue weighted by Crippen LogP contribution is 2.19. The van der Waals surface area contributed by atoms with Crippen molar-refractivity contribution in [2.75, 3.05) is 0 Å². The van der Waals surface area contributed by atoms with E-state index < -0.39 is 0 Å². The fourth-order valence-corrected chi connectivity index (χ4v) is 1.53. The van der Waals surface area contributed by atoms with Crippen LogP contribution in [0.2, 0.25) is 5.15 Å². The number of rotatable bonds is 2. The summed E-state index contributed by atoms with van der Waals surface area (Å²) in [6, 6.07) is 1.77. The van der Waals surface area contributed by atoms with Gasteiger partial charge < -0.3 is 0 Å². The monoisotopic (exact) mass is 248 g/mol. The molecular formula is C12H13ClN4. The molecule has 2 aromatic rings. The van der Waals surface area contributed by atoms with Crippen LogP contribution in [0.5, 0.6) is 0 Å². The molecule has 0 fully saturated rings. The van der Waals surface area contributed by atoms with Gasteiger partial charge in [-0.1, -0.05) is 25.4 Å². The van der Waals surface area contributed by atoms with Crippen molar-refractivity contribution >= 4 is 11.6 Å². The van der Waals surface area contributed by atoms with Crippen LogP contribution in [-0.4, -0.2) is 19.9 Å². The molecule has 0 saturated carbocycles. The van der Waals surface area contributed by atoms with Crippen LogP contribution in [-0.2, 0) is 0 Å². The van der Waals surface area contributed by atoms with Crippen LogP contribution in [0, 0.1) is 6.92 Å². The Hall–Kier alpha value is -1.55. The average molecular weight is 249 g/mol. The van der Waals surface area contributed by atoms with Crippen LogP contribution < -0.4 is 0 Å². The van der Waals surface area contributed by atoms with Crippen molar-refractivity contribution in [3.63, 3.8) is 0 Å². The van der Waals surface area contributed by atoms with E-state index in [0.717, 1.165) is 11.3 Å². The molecule has 0 aliphatic rings. The van der Waals surface area contributed by atoms with E-state index >= 15 is 0 Å². The number of nitrogens with zero attached hydrogens (tertiary/aromatic N) is 4. The summed E-state index contributed by atoms with van der Waals surface area (Å²) in [4.78, 5) is 16.9. The highest BCUT2D eigenvalue weighted by molar-refractivity contribution is 6.29. The summed E-state index contributed by atoms with van der Waals surface area (Å²) in [7, 11) is 0. The van der Waals surface area contributed by atoms with Crippen LogP contribution in [0.4, 0.5) is 0 Å². The van der Waals surface area contributed by atoms with E-state index in [0.29, 0.717) is 22.7 Å². The van der Waals surface area contributed by atoms with Crippen molar-refractivity contribution in [2.45, 2.75) is 26.7 Å². The average Bonchev–Trinajstić information content (AvgIpc) is 2.29. The first kappa shape index (κ1) is 11.9. The minimum atomic E-state index is 0.291. The fourth-order valence-electron chi connectivity index (χ4n) is 1.34. The van der Waals surface area contributed by atoms with E-state index in [9.17, 15) is 0 Å². The molecule has 0 N–H and O–H groups in total. The second-order valence-corrected chi connectivity index (χ2v) is 4.57. The Morgan fingerprint density at radius 2 is 1.71 bits per heavy atom. The molecular weight excluding hydrogens is 236 g/mol. The number of halogens is 1. The number of aromatic nitrogens is 4. The zero-order chi connectivity index (χ0) is 12.4. The maximum absolute atomic E-state index is 5.97. The summed E-state index contributed by atoms with van der Waals surface area (Å²) in [5.41, 5.74) is 1.89. The van der Waals surface area contributed by atoms with Crippen molar-refractivity contribution in [3.8, 4) is 11.6 Å². The van der Waals surface area contributed by atoms with Crippen molar-refractivity contribution < 1.29 is 0 Å². The smallest absolute Gasteiger partial charge is 0.199 e. The molecule has 0 amide bonds. The SMILES string of the molecule is Cc1cnc(-c2nc(Cl)cc(C(C)C)n2)nc1. The lowest BCUT2D eigenvalue weighted by molar-refractivity contribution is 0.814. The van der Waals surface area contributed by atoms with Crippen LogP contribution in [0.3, 0.4) is 0 Å². The van der Waals surface area contributed by atoms with E-state index in [2.05, 4.69) is 33.8 Å². The van der Waals surface area contributed by atoms with Gasteiger partial charge in [-0.05, 0) is 24.5 Å². The molecule has 0 aromatic carbocycles. The standard InChI is InChI=1S/C12H13ClN4/c1-7(2)9-4-10(13)17-12(16-9)11-14-5-8(3)6-15-11/h4-7H,1-3H3. The van der Waals surface area contributed by atoms with E-state index in [4.69, 9.17) is 11.6 Å². The first-order valence-corrected chi connectivity index (χ1v) is 5.77. The van der Waals surface area contributed by atoms with Gasteiger partial charge in [-0.25, -0.2) is 19.9 Å². The molecule has 0 aliphatic heterocycles. The zero-order valence-electron chi connectivity index (χ0n) is 9.98. The third-order valence-electron chi connectivity index (χ3n) is 2.29. The van der Waals surface area contributed by atoms with Gasteiger partial charge in [0.1, 0.15) is 5.15 Å². The summed E-state index contributed by atoms with van der Waals surface area (Å²) in [5.74, 6) is 1.26. The maximum Gasteiger partial charge on any atom is 0.199 e. The molecule has 0 unspecified atom stereocenters. The quantitative estimate of drug-likeness (QED) is 0.767. The van der Waals surface area contributed by atoms with Gasteiger partial charge in [-0.15, -0.1) is 0 Å². The van der Waals surface area contributed by atoms with Gasteiger partial charge in [-0.3, -0.25) is 0 Å². The highest BCUT2D eigenvalue weighted by atomic mass is 35.5. The zero-order valence-corrected chi connectivity index (χ0v) is 10.7. The largest absolute Gasteiger partial charge is 0.234 e. The minimum Gasteiger partial charge on any atom is -0.234 e. The predicted octanol–water partition coefficient (Wildman–Crippen LogP) is 3.02. The van der Waals surface area contributed by atoms with Crippen molar-refractivity contribution in [3.05, 3.63) is 34.9 Å². The molecule has 88 valence electrons. The third kappa shape index (κ3) is 2.77. The number of hydrogen-bond acceptors (Lipinski definition) is 4. The molecule has 2 aromatic heterocycles. The van der Waals surface area contributed by atoms with Crippen LogP contribution >= 0.6 is 11.6 Å². The Labute approximate surface area is 105 Å². The van der Waals surface area contributed by atoms with Gasteiger partial charge in [0.15, 0.2) is 11.6 Å². The Morgan fingerprint density at radius 1 is 1.06 bits per heavy atom. The van der Waals surface area contributed by atoms with Crippen molar-refractivity contribution in [1.29, 1.82) is 0 Å². The molecule has 0 aliphatic carbocycles. The first-order chi connectivity index (χ1) is 8.06. The second kappa shape index (κ2) is 4.75. The van der Waals surface area contributed by atoms with Crippen molar-refractivity contribution in [2.24, 2.45) is 0 Å². The first-order valence-electron chi connectivity index (χ1n) is 5.40. The molecule has 5 heteroatoms. The van der Waals surface area contributed by atoms with Gasteiger partial charge in [0.25, 0.3) is 0 Å². The Morgan fingerprint density at radius 3 is 2.29 bits per heavy atom. The Balaban J connectivity index is 2.48. The molecule has 0 spiro atoms. The number of aryl methyl sites for hydroxylation is 1. The molecule has 2 heterocycles. The molecule has 2 rings (SSSR count). The second-order valence-electron chi connectivity index (χ2n) is 4.18. The topological polar surface area (TPSA) is 51.6 Å². The number of hydrogen-bond donors (Lipinski definition) is 0. The molecule has 4 nitrogen and oxygen atoms in total. The molecule has 0 atom stereocenters. The van der Waals surface area contributed by atoms with E-state index in [1.54, 1.807) is 18.5 Å². The van der Waals surface area contributed by atoms with Crippen LogP contribution in [0.1, 0.15) is 31.0 Å². The lowest BCUT2D eigenvalue weighted by atomic mass is 10.1. The van der Waals surface area contributed by atoms with E-state index in [-0.39, 0.29) is 0 Å². The summed E-state index contributed by atoms with van der Waals surface area (Å²) < 4.78 is 0.